The Labute approximate surface area is 249 Å². The van der Waals surface area contributed by atoms with E-state index in [1.807, 2.05) is 37.3 Å². The lowest BCUT2D eigenvalue weighted by Gasteiger charge is -2.39. The maximum Gasteiger partial charge on any atom is 0.269 e. The van der Waals surface area contributed by atoms with Crippen molar-refractivity contribution in [2.24, 2.45) is 0 Å². The number of amides is 1. The monoisotopic (exact) mass is 623 g/mol. The van der Waals surface area contributed by atoms with Crippen LogP contribution >= 0.6 is 0 Å². The number of piperazine rings is 1. The highest BCUT2D eigenvalue weighted by atomic mass is 32.2. The van der Waals surface area contributed by atoms with Gasteiger partial charge < -0.3 is 5.32 Å². The van der Waals surface area contributed by atoms with Crippen molar-refractivity contribution in [3.8, 4) is 0 Å². The maximum absolute atomic E-state index is 14.1. The molecular formula is C29H29N5O7S2. The number of para-hydroxylation sites is 1. The summed E-state index contributed by atoms with van der Waals surface area (Å²) >= 11 is 0. The Hall–Kier alpha value is -4.24. The molecule has 4 aromatic rings. The SMILES string of the molecule is CC(CNC(=O)C1CN(S(=O)(=O)c2ccc([N+](=O)[O-])cc2)CCN1S(=O)(=O)c1cccc2cccnc12)c1ccccc1. The lowest BCUT2D eigenvalue weighted by atomic mass is 10.0. The van der Waals surface area contributed by atoms with E-state index in [-0.39, 0.29) is 46.5 Å². The lowest BCUT2D eigenvalue weighted by Crippen LogP contribution is -2.61. The van der Waals surface area contributed by atoms with Crippen molar-refractivity contribution in [2.75, 3.05) is 26.2 Å². The second-order valence-corrected chi connectivity index (χ2v) is 13.9. The first-order valence-electron chi connectivity index (χ1n) is 13.4. The van der Waals surface area contributed by atoms with Crippen LogP contribution < -0.4 is 5.32 Å². The van der Waals surface area contributed by atoms with Crippen LogP contribution in [-0.2, 0) is 24.8 Å². The zero-order valence-corrected chi connectivity index (χ0v) is 24.7. The Morgan fingerprint density at radius 3 is 2.35 bits per heavy atom. The predicted molar refractivity (Wildman–Crippen MR) is 159 cm³/mol. The fourth-order valence-corrected chi connectivity index (χ4v) is 8.21. The van der Waals surface area contributed by atoms with Gasteiger partial charge in [-0.05, 0) is 35.7 Å². The van der Waals surface area contributed by atoms with Gasteiger partial charge in [-0.25, -0.2) is 16.8 Å². The molecule has 1 amide bonds. The number of carbonyl (C=O) groups is 1. The highest BCUT2D eigenvalue weighted by molar-refractivity contribution is 7.89. The number of pyridine rings is 1. The molecule has 224 valence electrons. The Bertz CT molecular complexity index is 1860. The van der Waals surface area contributed by atoms with E-state index in [9.17, 15) is 31.7 Å². The van der Waals surface area contributed by atoms with E-state index in [1.54, 1.807) is 24.3 Å². The van der Waals surface area contributed by atoms with Crippen LogP contribution in [0.4, 0.5) is 5.69 Å². The van der Waals surface area contributed by atoms with E-state index in [0.717, 1.165) is 38.4 Å². The largest absolute Gasteiger partial charge is 0.354 e. The number of nitro groups is 1. The molecule has 43 heavy (non-hydrogen) atoms. The van der Waals surface area contributed by atoms with Crippen molar-refractivity contribution < 1.29 is 26.6 Å². The highest BCUT2D eigenvalue weighted by Crippen LogP contribution is 2.29. The number of nitrogens with one attached hydrogen (secondary N) is 1. The number of sulfonamides is 2. The first kappa shape index (κ1) is 30.2. The fraction of sp³-hybridized carbons (Fsp3) is 0.241. The van der Waals surface area contributed by atoms with Crippen molar-refractivity contribution in [1.82, 2.24) is 18.9 Å². The van der Waals surface area contributed by atoms with E-state index in [1.165, 1.54) is 12.3 Å². The van der Waals surface area contributed by atoms with Gasteiger partial charge in [-0.3, -0.25) is 19.9 Å². The predicted octanol–water partition coefficient (Wildman–Crippen LogP) is 3.13. The van der Waals surface area contributed by atoms with E-state index < -0.39 is 43.5 Å². The van der Waals surface area contributed by atoms with Crippen LogP contribution in [0.15, 0.2) is 101 Å². The van der Waals surface area contributed by atoms with Crippen molar-refractivity contribution in [3.05, 3.63) is 107 Å². The average molecular weight is 624 g/mol. The second-order valence-electron chi connectivity index (χ2n) is 10.1. The first-order valence-corrected chi connectivity index (χ1v) is 16.3. The molecule has 14 heteroatoms. The standard InChI is InChI=1S/C29H29N5O7S2/c1-21(22-7-3-2-4-8-22)19-31-29(35)26-20-32(42(38,39)25-14-12-24(13-15-25)34(36)37)17-18-33(26)43(40,41)27-11-5-9-23-10-6-16-30-28(23)27/h2-16,21,26H,17-20H2,1H3,(H,31,35). The van der Waals surface area contributed by atoms with Gasteiger partial charge in [0.05, 0.1) is 15.3 Å². The third-order valence-electron chi connectivity index (χ3n) is 7.42. The molecule has 1 aromatic heterocycles. The second kappa shape index (κ2) is 12.2. The van der Waals surface area contributed by atoms with Crippen LogP contribution in [0.3, 0.4) is 0 Å². The molecule has 0 aliphatic carbocycles. The minimum atomic E-state index is -4.31. The Kier molecular flexibility index (Phi) is 8.55. The zero-order chi connectivity index (χ0) is 30.8. The summed E-state index contributed by atoms with van der Waals surface area (Å²) < 4.78 is 57.3. The number of hydrogen-bond acceptors (Lipinski definition) is 8. The molecule has 2 atom stereocenters. The molecule has 1 saturated heterocycles. The van der Waals surface area contributed by atoms with Gasteiger partial charge in [-0.15, -0.1) is 0 Å². The van der Waals surface area contributed by atoms with Crippen LogP contribution in [0.2, 0.25) is 0 Å². The normalized spacial score (nSPS) is 17.4. The van der Waals surface area contributed by atoms with Gasteiger partial charge in [0.15, 0.2) is 0 Å². The average Bonchev–Trinajstić information content (AvgIpc) is 3.03. The molecule has 12 nitrogen and oxygen atoms in total. The highest BCUT2D eigenvalue weighted by Gasteiger charge is 2.44. The molecule has 2 heterocycles. The van der Waals surface area contributed by atoms with Crippen molar-refractivity contribution in [1.29, 1.82) is 0 Å². The van der Waals surface area contributed by atoms with Crippen molar-refractivity contribution in [3.63, 3.8) is 0 Å². The van der Waals surface area contributed by atoms with Gasteiger partial charge in [-0.1, -0.05) is 55.5 Å². The molecule has 5 rings (SSSR count). The number of hydrogen-bond donors (Lipinski definition) is 1. The molecular weight excluding hydrogens is 594 g/mol. The molecule has 0 bridgehead atoms. The molecule has 0 saturated carbocycles. The number of benzene rings is 3. The van der Waals surface area contributed by atoms with Gasteiger partial charge in [0.2, 0.25) is 26.0 Å². The van der Waals surface area contributed by atoms with Gasteiger partial charge in [0, 0.05) is 49.9 Å². The number of rotatable bonds is 9. The topological polar surface area (TPSA) is 160 Å². The maximum atomic E-state index is 14.1. The molecule has 1 fully saturated rings. The third-order valence-corrected chi connectivity index (χ3v) is 11.2. The number of nitrogens with zero attached hydrogens (tertiary/aromatic N) is 4. The van der Waals surface area contributed by atoms with Crippen LogP contribution in [0.5, 0.6) is 0 Å². The molecule has 0 spiro atoms. The van der Waals surface area contributed by atoms with E-state index in [4.69, 9.17) is 0 Å². The number of nitro benzene ring substituents is 1. The molecule has 3 aromatic carbocycles. The summed E-state index contributed by atoms with van der Waals surface area (Å²) in [4.78, 5) is 28.1. The number of aromatic nitrogens is 1. The van der Waals surface area contributed by atoms with E-state index in [0.29, 0.717) is 5.39 Å². The summed E-state index contributed by atoms with van der Waals surface area (Å²) in [6.45, 7) is 1.11. The van der Waals surface area contributed by atoms with E-state index >= 15 is 0 Å². The third kappa shape index (κ3) is 6.13. The molecule has 1 aliphatic rings. The molecule has 1 aliphatic heterocycles. The van der Waals surface area contributed by atoms with Gasteiger partial charge >= 0.3 is 0 Å². The summed E-state index contributed by atoms with van der Waals surface area (Å²) in [5, 5.41) is 14.5. The molecule has 1 N–H and O–H groups in total. The van der Waals surface area contributed by atoms with Crippen LogP contribution in [-0.4, -0.2) is 73.5 Å². The first-order chi connectivity index (χ1) is 20.5. The Balaban J connectivity index is 1.47. The fourth-order valence-electron chi connectivity index (χ4n) is 5.03. The van der Waals surface area contributed by atoms with Crippen LogP contribution in [0.25, 0.3) is 10.9 Å². The number of fused-ring (bicyclic) bond motifs is 1. The van der Waals surface area contributed by atoms with Crippen LogP contribution in [0, 0.1) is 10.1 Å². The molecule has 2 unspecified atom stereocenters. The summed E-state index contributed by atoms with van der Waals surface area (Å²) in [6, 6.07) is 20.6. The summed E-state index contributed by atoms with van der Waals surface area (Å²) in [5.74, 6) is -0.746. The van der Waals surface area contributed by atoms with Crippen LogP contribution in [0.1, 0.15) is 18.4 Å². The van der Waals surface area contributed by atoms with Gasteiger partial charge in [0.1, 0.15) is 10.9 Å². The number of non-ortho nitro benzene ring substituents is 1. The van der Waals surface area contributed by atoms with E-state index in [2.05, 4.69) is 10.3 Å². The minimum absolute atomic E-state index is 0.0901. The Morgan fingerprint density at radius 1 is 0.953 bits per heavy atom. The van der Waals surface area contributed by atoms with Crippen molar-refractivity contribution in [2.45, 2.75) is 28.7 Å². The minimum Gasteiger partial charge on any atom is -0.354 e. The lowest BCUT2D eigenvalue weighted by molar-refractivity contribution is -0.384. The summed E-state index contributed by atoms with van der Waals surface area (Å²) in [6.07, 6.45) is 1.48. The zero-order valence-electron chi connectivity index (χ0n) is 23.1. The smallest absolute Gasteiger partial charge is 0.269 e. The number of carbonyl (C=O) groups excluding carboxylic acids is 1. The van der Waals surface area contributed by atoms with Gasteiger partial charge in [0.25, 0.3) is 5.69 Å². The van der Waals surface area contributed by atoms with Crippen molar-refractivity contribution >= 4 is 42.5 Å². The Morgan fingerprint density at radius 2 is 1.65 bits per heavy atom. The van der Waals surface area contributed by atoms with Gasteiger partial charge in [-0.2, -0.15) is 8.61 Å². The molecule has 0 radical (unpaired) electrons. The summed E-state index contributed by atoms with van der Waals surface area (Å²) in [7, 11) is -8.53. The summed E-state index contributed by atoms with van der Waals surface area (Å²) in [5.41, 5.74) is 0.936. The quantitative estimate of drug-likeness (QED) is 0.220.